The maximum Gasteiger partial charge on any atom is 0.120 e. The molecule has 4 heteroatoms. The quantitative estimate of drug-likeness (QED) is 0.778. The first-order chi connectivity index (χ1) is 6.13. The lowest BCUT2D eigenvalue weighted by Crippen LogP contribution is -2.32. The van der Waals surface area contributed by atoms with E-state index in [1.165, 1.54) is 0 Å². The zero-order chi connectivity index (χ0) is 9.47. The van der Waals surface area contributed by atoms with E-state index in [1.807, 2.05) is 24.1 Å². The van der Waals surface area contributed by atoms with Gasteiger partial charge >= 0.3 is 0 Å². The van der Waals surface area contributed by atoms with Gasteiger partial charge in [-0.05, 0) is 12.7 Å². The zero-order valence-corrected chi connectivity index (χ0v) is 9.41. The monoisotopic (exact) mass is 215 g/mol. The molecule has 1 saturated heterocycles. The van der Waals surface area contributed by atoms with Crippen molar-refractivity contribution >= 4 is 23.1 Å². The van der Waals surface area contributed by atoms with Crippen LogP contribution in [0.5, 0.6) is 0 Å². The van der Waals surface area contributed by atoms with Crippen LogP contribution in [-0.4, -0.2) is 21.6 Å². The van der Waals surface area contributed by atoms with Crippen LogP contribution in [0.2, 0.25) is 0 Å². The molecule has 0 spiro atoms. The number of hydrogen-bond acceptors (Lipinski definition) is 4. The Morgan fingerprint density at radius 1 is 1.69 bits per heavy atom. The summed E-state index contributed by atoms with van der Waals surface area (Å²) in [6.45, 7) is 4.07. The Balaban J connectivity index is 2.33. The summed E-state index contributed by atoms with van der Waals surface area (Å²) >= 11 is 3.42. The Hall–Kier alpha value is -0.0600. The van der Waals surface area contributed by atoms with Gasteiger partial charge in [0, 0.05) is 17.1 Å². The van der Waals surface area contributed by atoms with Crippen molar-refractivity contribution in [3.05, 3.63) is 16.1 Å². The van der Waals surface area contributed by atoms with Crippen LogP contribution >= 0.6 is 23.1 Å². The lowest BCUT2D eigenvalue weighted by atomic mass is 9.90. The molecule has 1 aliphatic heterocycles. The van der Waals surface area contributed by atoms with E-state index in [0.29, 0.717) is 5.92 Å². The standard InChI is InChI=1S/C9H13NOS2/c1-6-3-12-5-9(6,11)8-4-13-7(2)10-8/h4,6,11H,3,5H2,1-2H3. The molecule has 1 aromatic rings. The predicted octanol–water partition coefficient (Wildman–Crippen LogP) is 2.02. The molecule has 1 N–H and O–H groups in total. The maximum absolute atomic E-state index is 10.4. The minimum Gasteiger partial charge on any atom is -0.382 e. The molecule has 1 aliphatic rings. The highest BCUT2D eigenvalue weighted by Gasteiger charge is 2.42. The van der Waals surface area contributed by atoms with E-state index in [1.54, 1.807) is 11.3 Å². The van der Waals surface area contributed by atoms with Crippen molar-refractivity contribution in [3.63, 3.8) is 0 Å². The summed E-state index contributed by atoms with van der Waals surface area (Å²) in [6, 6.07) is 0. The van der Waals surface area contributed by atoms with Gasteiger partial charge in [0.1, 0.15) is 5.60 Å². The third-order valence-electron chi connectivity index (χ3n) is 2.57. The Morgan fingerprint density at radius 2 is 2.46 bits per heavy atom. The van der Waals surface area contributed by atoms with Crippen LogP contribution in [0.25, 0.3) is 0 Å². The lowest BCUT2D eigenvalue weighted by molar-refractivity contribution is 0.0197. The normalized spacial score (nSPS) is 33.9. The van der Waals surface area contributed by atoms with E-state index >= 15 is 0 Å². The zero-order valence-electron chi connectivity index (χ0n) is 7.78. The molecule has 2 unspecified atom stereocenters. The molecule has 72 valence electrons. The highest BCUT2D eigenvalue weighted by Crippen LogP contribution is 2.41. The van der Waals surface area contributed by atoms with Crippen molar-refractivity contribution in [1.29, 1.82) is 0 Å². The van der Waals surface area contributed by atoms with Gasteiger partial charge in [-0.3, -0.25) is 0 Å². The van der Waals surface area contributed by atoms with Crippen LogP contribution in [0.3, 0.4) is 0 Å². The van der Waals surface area contributed by atoms with Crippen molar-refractivity contribution in [2.45, 2.75) is 19.4 Å². The number of aromatic nitrogens is 1. The fourth-order valence-corrected chi connectivity index (χ4v) is 3.74. The predicted molar refractivity (Wildman–Crippen MR) is 57.2 cm³/mol. The second kappa shape index (κ2) is 3.26. The average molecular weight is 215 g/mol. The number of thiazole rings is 1. The Labute approximate surface area is 86.4 Å². The largest absolute Gasteiger partial charge is 0.382 e. The SMILES string of the molecule is Cc1nc(C2(O)CSCC2C)cs1. The Kier molecular flexibility index (Phi) is 2.38. The minimum absolute atomic E-state index is 0.319. The summed E-state index contributed by atoms with van der Waals surface area (Å²) in [6.07, 6.45) is 0. The molecule has 1 fully saturated rings. The number of thioether (sulfide) groups is 1. The molecule has 2 rings (SSSR count). The molecule has 0 aromatic carbocycles. The van der Waals surface area contributed by atoms with Gasteiger partial charge in [-0.25, -0.2) is 4.98 Å². The molecule has 0 radical (unpaired) electrons. The summed E-state index contributed by atoms with van der Waals surface area (Å²) in [5.74, 6) is 2.14. The van der Waals surface area contributed by atoms with Crippen molar-refractivity contribution in [1.82, 2.24) is 4.98 Å². The smallest absolute Gasteiger partial charge is 0.120 e. The van der Waals surface area contributed by atoms with Crippen molar-refractivity contribution in [2.24, 2.45) is 5.92 Å². The first-order valence-corrected chi connectivity index (χ1v) is 6.39. The van der Waals surface area contributed by atoms with Crippen LogP contribution in [0, 0.1) is 12.8 Å². The van der Waals surface area contributed by atoms with Gasteiger partial charge < -0.3 is 5.11 Å². The molecule has 2 atom stereocenters. The molecule has 13 heavy (non-hydrogen) atoms. The Morgan fingerprint density at radius 3 is 2.92 bits per heavy atom. The molecular formula is C9H13NOS2. The summed E-state index contributed by atoms with van der Waals surface area (Å²) in [5, 5.41) is 13.4. The minimum atomic E-state index is -0.671. The molecular weight excluding hydrogens is 202 g/mol. The highest BCUT2D eigenvalue weighted by molar-refractivity contribution is 7.99. The van der Waals surface area contributed by atoms with E-state index in [0.717, 1.165) is 22.2 Å². The average Bonchev–Trinajstić information content (AvgIpc) is 2.62. The van der Waals surface area contributed by atoms with E-state index in [2.05, 4.69) is 11.9 Å². The van der Waals surface area contributed by atoms with Gasteiger partial charge in [0.25, 0.3) is 0 Å². The second-order valence-corrected chi connectivity index (χ2v) is 5.68. The van der Waals surface area contributed by atoms with Gasteiger partial charge in [-0.15, -0.1) is 11.3 Å². The lowest BCUT2D eigenvalue weighted by Gasteiger charge is -2.24. The second-order valence-electron chi connectivity index (χ2n) is 3.59. The van der Waals surface area contributed by atoms with Crippen molar-refractivity contribution < 1.29 is 5.11 Å². The molecule has 0 saturated carbocycles. The maximum atomic E-state index is 10.4. The van der Waals surface area contributed by atoms with Crippen LogP contribution in [-0.2, 0) is 5.60 Å². The van der Waals surface area contributed by atoms with Gasteiger partial charge in [0.05, 0.1) is 10.7 Å². The highest BCUT2D eigenvalue weighted by atomic mass is 32.2. The fraction of sp³-hybridized carbons (Fsp3) is 0.667. The van der Waals surface area contributed by atoms with Crippen LogP contribution in [0.15, 0.2) is 5.38 Å². The van der Waals surface area contributed by atoms with E-state index in [4.69, 9.17) is 0 Å². The van der Waals surface area contributed by atoms with Crippen molar-refractivity contribution in [2.75, 3.05) is 11.5 Å². The summed E-state index contributed by atoms with van der Waals surface area (Å²) < 4.78 is 0. The number of rotatable bonds is 1. The third-order valence-corrected chi connectivity index (χ3v) is 4.72. The summed E-state index contributed by atoms with van der Waals surface area (Å²) in [4.78, 5) is 4.37. The molecule has 2 heterocycles. The van der Waals surface area contributed by atoms with Crippen LogP contribution in [0.1, 0.15) is 17.6 Å². The molecule has 1 aromatic heterocycles. The number of aliphatic hydroxyl groups is 1. The summed E-state index contributed by atoms with van der Waals surface area (Å²) in [7, 11) is 0. The van der Waals surface area contributed by atoms with E-state index in [9.17, 15) is 5.11 Å². The van der Waals surface area contributed by atoms with Gasteiger partial charge in [0.15, 0.2) is 0 Å². The number of aryl methyl sites for hydroxylation is 1. The number of hydrogen-bond donors (Lipinski definition) is 1. The van der Waals surface area contributed by atoms with E-state index in [-0.39, 0.29) is 0 Å². The molecule has 0 amide bonds. The third kappa shape index (κ3) is 1.51. The van der Waals surface area contributed by atoms with Gasteiger partial charge in [0.2, 0.25) is 0 Å². The Bertz CT molecular complexity index is 312. The fourth-order valence-electron chi connectivity index (χ4n) is 1.56. The topological polar surface area (TPSA) is 33.1 Å². The number of nitrogens with zero attached hydrogens (tertiary/aromatic N) is 1. The van der Waals surface area contributed by atoms with Crippen molar-refractivity contribution in [3.8, 4) is 0 Å². The molecule has 2 nitrogen and oxygen atoms in total. The van der Waals surface area contributed by atoms with Gasteiger partial charge in [-0.1, -0.05) is 6.92 Å². The summed E-state index contributed by atoms with van der Waals surface area (Å²) in [5.41, 5.74) is 0.197. The van der Waals surface area contributed by atoms with Crippen LogP contribution < -0.4 is 0 Å². The van der Waals surface area contributed by atoms with Gasteiger partial charge in [-0.2, -0.15) is 11.8 Å². The van der Waals surface area contributed by atoms with E-state index < -0.39 is 5.60 Å². The first kappa shape index (κ1) is 9.49. The molecule has 0 bridgehead atoms. The first-order valence-electron chi connectivity index (χ1n) is 4.35. The van der Waals surface area contributed by atoms with Crippen LogP contribution in [0.4, 0.5) is 0 Å². The molecule has 0 aliphatic carbocycles.